The standard InChI is InChI=1S/C33H38N6O5S2/c1-22(25-10-6-5-7-11-25)36-32(41)26-17-27(19-29(18-26)39(3)46(4,43)44)33(42)37-28(16-24-13-15-45-21-24)20-35-23(2)31(40)38-30-12-8-9-14-34-30/h5-15,17-19,21-23,28,35H,16,20H2,1-4H3,(H,36,41)(H,37,42)(H,34,38,40)/t22-,23+,28+/m1/s1. The largest absolute Gasteiger partial charge is 0.348 e. The van der Waals surface area contributed by atoms with Crippen LogP contribution in [-0.4, -0.2) is 63.1 Å². The molecule has 4 aromatic rings. The molecule has 0 radical (unpaired) electrons. The molecule has 2 aromatic heterocycles. The van der Waals surface area contributed by atoms with Gasteiger partial charge in [-0.15, -0.1) is 0 Å². The Bertz CT molecular complexity index is 1730. The van der Waals surface area contributed by atoms with Gasteiger partial charge in [0.25, 0.3) is 11.8 Å². The zero-order valence-corrected chi connectivity index (χ0v) is 27.7. The van der Waals surface area contributed by atoms with E-state index in [1.54, 1.807) is 31.3 Å². The average molecular weight is 663 g/mol. The molecule has 3 amide bonds. The first kappa shape index (κ1) is 34.3. The van der Waals surface area contributed by atoms with Crippen molar-refractivity contribution in [3.05, 3.63) is 112 Å². The van der Waals surface area contributed by atoms with Gasteiger partial charge in [0, 0.05) is 37.0 Å². The van der Waals surface area contributed by atoms with E-state index in [-0.39, 0.29) is 35.3 Å². The van der Waals surface area contributed by atoms with Crippen molar-refractivity contribution in [2.24, 2.45) is 0 Å². The fourth-order valence-electron chi connectivity index (χ4n) is 4.57. The van der Waals surface area contributed by atoms with E-state index in [4.69, 9.17) is 0 Å². The van der Waals surface area contributed by atoms with Crippen molar-refractivity contribution in [3.63, 3.8) is 0 Å². The predicted octanol–water partition coefficient (Wildman–Crippen LogP) is 3.99. The summed E-state index contributed by atoms with van der Waals surface area (Å²) in [7, 11) is -2.33. The van der Waals surface area contributed by atoms with Gasteiger partial charge in [-0.05, 0) is 78.6 Å². The number of nitrogens with one attached hydrogen (secondary N) is 4. The molecule has 46 heavy (non-hydrogen) atoms. The normalized spacial score (nSPS) is 13.2. The third-order valence-electron chi connectivity index (χ3n) is 7.33. The molecule has 0 spiro atoms. The maximum absolute atomic E-state index is 13.7. The Morgan fingerprint density at radius 2 is 1.59 bits per heavy atom. The van der Waals surface area contributed by atoms with Crippen molar-refractivity contribution in [2.45, 2.75) is 38.4 Å². The summed E-state index contributed by atoms with van der Waals surface area (Å²) in [4.78, 5) is 44.0. The summed E-state index contributed by atoms with van der Waals surface area (Å²) in [6.07, 6.45) is 3.11. The van der Waals surface area contributed by atoms with Crippen LogP contribution in [0.2, 0.25) is 0 Å². The Morgan fingerprint density at radius 1 is 0.913 bits per heavy atom. The van der Waals surface area contributed by atoms with Crippen LogP contribution in [0, 0.1) is 0 Å². The minimum atomic E-state index is -3.69. The molecule has 3 atom stereocenters. The van der Waals surface area contributed by atoms with Crippen molar-refractivity contribution in [2.75, 3.05) is 29.5 Å². The van der Waals surface area contributed by atoms with Gasteiger partial charge in [0.05, 0.1) is 24.0 Å². The van der Waals surface area contributed by atoms with Crippen molar-refractivity contribution < 1.29 is 22.8 Å². The molecule has 2 aromatic carbocycles. The lowest BCUT2D eigenvalue weighted by Crippen LogP contribution is -2.48. The lowest BCUT2D eigenvalue weighted by Gasteiger charge is -2.23. The van der Waals surface area contributed by atoms with Gasteiger partial charge < -0.3 is 21.3 Å². The molecule has 4 N–H and O–H groups in total. The quantitative estimate of drug-likeness (QED) is 0.160. The number of carbonyl (C=O) groups excluding carboxylic acids is 3. The Labute approximate surface area is 273 Å². The second-order valence-electron chi connectivity index (χ2n) is 10.9. The number of rotatable bonds is 14. The summed E-state index contributed by atoms with van der Waals surface area (Å²) in [5.74, 6) is -0.808. The third kappa shape index (κ3) is 9.70. The Kier molecular flexibility index (Phi) is 11.6. The highest BCUT2D eigenvalue weighted by atomic mass is 32.2. The molecule has 0 aliphatic carbocycles. The molecule has 2 heterocycles. The maximum atomic E-state index is 13.7. The molecule has 0 saturated carbocycles. The number of benzene rings is 2. The van der Waals surface area contributed by atoms with Crippen LogP contribution in [0.15, 0.2) is 89.8 Å². The minimum Gasteiger partial charge on any atom is -0.348 e. The highest BCUT2D eigenvalue weighted by Crippen LogP contribution is 2.22. The van der Waals surface area contributed by atoms with Crippen LogP contribution >= 0.6 is 11.3 Å². The summed E-state index contributed by atoms with van der Waals surface area (Å²) < 4.78 is 25.8. The molecule has 0 unspecified atom stereocenters. The molecular formula is C33H38N6O5S2. The molecule has 0 saturated heterocycles. The van der Waals surface area contributed by atoms with Crippen LogP contribution in [0.1, 0.15) is 51.7 Å². The Hall–Kier alpha value is -4.59. The van der Waals surface area contributed by atoms with Crippen LogP contribution in [0.3, 0.4) is 0 Å². The lowest BCUT2D eigenvalue weighted by atomic mass is 10.0. The monoisotopic (exact) mass is 662 g/mol. The van der Waals surface area contributed by atoms with Crippen LogP contribution in [0.5, 0.6) is 0 Å². The molecule has 4 rings (SSSR count). The number of nitrogens with zero attached hydrogens (tertiary/aromatic N) is 2. The SMILES string of the molecule is C[C@H](NC[C@H](Cc1ccsc1)NC(=O)c1cc(C(=O)N[C@H](C)c2ccccc2)cc(N(C)S(C)(=O)=O)c1)C(=O)Nc1ccccn1. The number of pyridine rings is 1. The molecule has 0 aliphatic rings. The second-order valence-corrected chi connectivity index (χ2v) is 13.7. The van der Waals surface area contributed by atoms with E-state index in [2.05, 4.69) is 26.3 Å². The van der Waals surface area contributed by atoms with Gasteiger partial charge in [-0.25, -0.2) is 13.4 Å². The zero-order valence-electron chi connectivity index (χ0n) is 26.1. The maximum Gasteiger partial charge on any atom is 0.251 e. The highest BCUT2D eigenvalue weighted by Gasteiger charge is 2.23. The number of carbonyl (C=O) groups is 3. The number of thiophene rings is 1. The van der Waals surface area contributed by atoms with Crippen LogP contribution in [0.4, 0.5) is 11.5 Å². The van der Waals surface area contributed by atoms with Crippen molar-refractivity contribution >= 4 is 50.6 Å². The average Bonchev–Trinajstić information content (AvgIpc) is 3.56. The van der Waals surface area contributed by atoms with Gasteiger partial charge in [-0.3, -0.25) is 18.7 Å². The van der Waals surface area contributed by atoms with Crippen molar-refractivity contribution in [1.29, 1.82) is 0 Å². The van der Waals surface area contributed by atoms with Crippen LogP contribution in [0.25, 0.3) is 0 Å². The smallest absolute Gasteiger partial charge is 0.251 e. The summed E-state index contributed by atoms with van der Waals surface area (Å²) in [5, 5.41) is 15.8. The molecular weight excluding hydrogens is 625 g/mol. The van der Waals surface area contributed by atoms with E-state index in [1.165, 1.54) is 36.6 Å². The van der Waals surface area contributed by atoms with E-state index >= 15 is 0 Å². The molecule has 0 bridgehead atoms. The molecule has 13 heteroatoms. The lowest BCUT2D eigenvalue weighted by molar-refractivity contribution is -0.117. The summed E-state index contributed by atoms with van der Waals surface area (Å²) in [6.45, 7) is 3.81. The topological polar surface area (TPSA) is 150 Å². The van der Waals surface area contributed by atoms with Gasteiger partial charge in [0.2, 0.25) is 15.9 Å². The summed E-state index contributed by atoms with van der Waals surface area (Å²) in [6, 6.07) is 19.5. The van der Waals surface area contributed by atoms with Gasteiger partial charge in [-0.1, -0.05) is 36.4 Å². The molecule has 0 aliphatic heterocycles. The van der Waals surface area contributed by atoms with E-state index < -0.39 is 33.9 Å². The van der Waals surface area contributed by atoms with E-state index in [0.717, 1.165) is 21.7 Å². The second kappa shape index (κ2) is 15.6. The summed E-state index contributed by atoms with van der Waals surface area (Å²) in [5.41, 5.74) is 2.31. The van der Waals surface area contributed by atoms with E-state index in [1.807, 2.05) is 54.1 Å². The first-order chi connectivity index (χ1) is 21.9. The van der Waals surface area contributed by atoms with Crippen LogP contribution < -0.4 is 25.6 Å². The van der Waals surface area contributed by atoms with E-state index in [9.17, 15) is 22.8 Å². The molecule has 242 valence electrons. The number of anilines is 2. The third-order valence-corrected chi connectivity index (χ3v) is 9.27. The highest BCUT2D eigenvalue weighted by molar-refractivity contribution is 7.92. The minimum absolute atomic E-state index is 0.113. The first-order valence-corrected chi connectivity index (χ1v) is 17.4. The fourth-order valence-corrected chi connectivity index (χ4v) is 5.74. The fraction of sp³-hybridized carbons (Fsp3) is 0.273. The van der Waals surface area contributed by atoms with Crippen molar-refractivity contribution in [1.82, 2.24) is 20.9 Å². The van der Waals surface area contributed by atoms with Crippen molar-refractivity contribution in [3.8, 4) is 0 Å². The first-order valence-electron chi connectivity index (χ1n) is 14.6. The van der Waals surface area contributed by atoms with Gasteiger partial charge in [0.15, 0.2) is 0 Å². The summed E-state index contributed by atoms with van der Waals surface area (Å²) >= 11 is 1.53. The zero-order chi connectivity index (χ0) is 33.3. The predicted molar refractivity (Wildman–Crippen MR) is 182 cm³/mol. The number of hydrogen-bond donors (Lipinski definition) is 4. The Morgan fingerprint density at radius 3 is 2.20 bits per heavy atom. The van der Waals surface area contributed by atoms with Gasteiger partial charge in [-0.2, -0.15) is 11.3 Å². The molecule has 11 nitrogen and oxygen atoms in total. The number of amides is 3. The number of aromatic nitrogens is 1. The van der Waals surface area contributed by atoms with E-state index in [0.29, 0.717) is 12.2 Å². The van der Waals surface area contributed by atoms with Gasteiger partial charge in [0.1, 0.15) is 5.82 Å². The molecule has 0 fully saturated rings. The Balaban J connectivity index is 1.54. The number of sulfonamides is 1. The van der Waals surface area contributed by atoms with Gasteiger partial charge >= 0.3 is 0 Å². The van der Waals surface area contributed by atoms with Crippen LogP contribution in [-0.2, 0) is 21.2 Å². The number of hydrogen-bond acceptors (Lipinski definition) is 8.